The van der Waals surface area contributed by atoms with Gasteiger partial charge in [-0.25, -0.2) is 0 Å². The van der Waals surface area contributed by atoms with E-state index in [1.807, 2.05) is 6.92 Å². The summed E-state index contributed by atoms with van der Waals surface area (Å²) in [5.41, 5.74) is 10.1. The van der Waals surface area contributed by atoms with Gasteiger partial charge in [0.25, 0.3) is 0 Å². The average Bonchev–Trinajstić information content (AvgIpc) is 1.86. The van der Waals surface area contributed by atoms with Gasteiger partial charge < -0.3 is 11.5 Å². The van der Waals surface area contributed by atoms with Crippen LogP contribution in [0.3, 0.4) is 0 Å². The minimum absolute atomic E-state index is 0.292. The fourth-order valence-corrected chi connectivity index (χ4v) is 0.708. The van der Waals surface area contributed by atoms with Crippen LogP contribution >= 0.6 is 0 Å². The van der Waals surface area contributed by atoms with Crippen LogP contribution in [0.15, 0.2) is 11.6 Å². The zero-order valence-corrected chi connectivity index (χ0v) is 6.46. The Labute approximate surface area is 65.2 Å². The van der Waals surface area contributed by atoms with E-state index < -0.39 is 11.8 Å². The predicted octanol–water partition coefficient (Wildman–Crippen LogP) is -0.317. The van der Waals surface area contributed by atoms with E-state index in [0.29, 0.717) is 12.0 Å². The van der Waals surface area contributed by atoms with E-state index in [2.05, 4.69) is 0 Å². The molecule has 0 radical (unpaired) electrons. The van der Waals surface area contributed by atoms with Crippen molar-refractivity contribution in [3.63, 3.8) is 0 Å². The van der Waals surface area contributed by atoms with Gasteiger partial charge in [-0.15, -0.1) is 0 Å². The summed E-state index contributed by atoms with van der Waals surface area (Å²) in [5, 5.41) is 0. The molecule has 0 saturated heterocycles. The number of hydrogen-bond donors (Lipinski definition) is 2. The van der Waals surface area contributed by atoms with Crippen molar-refractivity contribution < 1.29 is 9.59 Å². The van der Waals surface area contributed by atoms with E-state index in [9.17, 15) is 9.59 Å². The lowest BCUT2D eigenvalue weighted by atomic mass is 10.1. The maximum atomic E-state index is 10.6. The lowest BCUT2D eigenvalue weighted by molar-refractivity contribution is -0.116. The molecule has 4 heteroatoms. The SMILES string of the molecule is CCC/C(=C/C(N)=O)C(N)=O. The van der Waals surface area contributed by atoms with Crippen molar-refractivity contribution in [2.75, 3.05) is 0 Å². The molecular formula is C7H12N2O2. The highest BCUT2D eigenvalue weighted by atomic mass is 16.1. The minimum Gasteiger partial charge on any atom is -0.366 e. The first-order chi connectivity index (χ1) is 5.07. The maximum Gasteiger partial charge on any atom is 0.244 e. The highest BCUT2D eigenvalue weighted by Gasteiger charge is 2.03. The van der Waals surface area contributed by atoms with E-state index in [1.54, 1.807) is 0 Å². The third kappa shape index (κ3) is 4.13. The second-order valence-corrected chi connectivity index (χ2v) is 2.19. The van der Waals surface area contributed by atoms with Gasteiger partial charge in [-0.1, -0.05) is 13.3 Å². The molecule has 0 atom stereocenters. The summed E-state index contributed by atoms with van der Waals surface area (Å²) in [6.45, 7) is 1.89. The van der Waals surface area contributed by atoms with Gasteiger partial charge in [0.2, 0.25) is 11.8 Å². The van der Waals surface area contributed by atoms with Crippen LogP contribution in [0.1, 0.15) is 19.8 Å². The molecule has 11 heavy (non-hydrogen) atoms. The predicted molar refractivity (Wildman–Crippen MR) is 41.4 cm³/mol. The standard InChI is InChI=1S/C7H12N2O2/c1-2-3-5(7(9)11)4-6(8)10/h4H,2-3H2,1H3,(H2,8,10)(H2,9,11)/b5-4-. The van der Waals surface area contributed by atoms with Gasteiger partial charge in [-0.05, 0) is 6.42 Å². The summed E-state index contributed by atoms with van der Waals surface area (Å²) in [4.78, 5) is 20.9. The summed E-state index contributed by atoms with van der Waals surface area (Å²) < 4.78 is 0. The van der Waals surface area contributed by atoms with E-state index in [1.165, 1.54) is 0 Å². The lowest BCUT2D eigenvalue weighted by Gasteiger charge is -1.97. The molecule has 4 N–H and O–H groups in total. The molecule has 0 aliphatic carbocycles. The van der Waals surface area contributed by atoms with Crippen LogP contribution in [-0.2, 0) is 9.59 Å². The summed E-state index contributed by atoms with van der Waals surface area (Å²) in [6.07, 6.45) is 2.34. The first-order valence-corrected chi connectivity index (χ1v) is 3.37. The van der Waals surface area contributed by atoms with Crippen LogP contribution in [0.4, 0.5) is 0 Å². The molecular weight excluding hydrogens is 144 g/mol. The summed E-state index contributed by atoms with van der Waals surface area (Å²) in [6, 6.07) is 0. The van der Waals surface area contributed by atoms with E-state index >= 15 is 0 Å². The Morgan fingerprint density at radius 2 is 1.91 bits per heavy atom. The summed E-state index contributed by atoms with van der Waals surface area (Å²) >= 11 is 0. The molecule has 0 heterocycles. The third-order valence-corrected chi connectivity index (χ3v) is 1.15. The molecule has 0 aromatic heterocycles. The monoisotopic (exact) mass is 156 g/mol. The van der Waals surface area contributed by atoms with Crippen LogP contribution < -0.4 is 11.5 Å². The third-order valence-electron chi connectivity index (χ3n) is 1.15. The number of carbonyl (C=O) groups excluding carboxylic acids is 2. The van der Waals surface area contributed by atoms with Crippen LogP contribution in [0.5, 0.6) is 0 Å². The van der Waals surface area contributed by atoms with Gasteiger partial charge in [0, 0.05) is 11.6 Å². The van der Waals surface area contributed by atoms with Gasteiger partial charge in [0.05, 0.1) is 0 Å². The van der Waals surface area contributed by atoms with Crippen LogP contribution in [0, 0.1) is 0 Å². The Hall–Kier alpha value is -1.32. The van der Waals surface area contributed by atoms with Gasteiger partial charge in [0.1, 0.15) is 0 Å². The first kappa shape index (κ1) is 9.68. The molecule has 0 aromatic rings. The average molecular weight is 156 g/mol. The second-order valence-electron chi connectivity index (χ2n) is 2.19. The quantitative estimate of drug-likeness (QED) is 0.547. The largest absolute Gasteiger partial charge is 0.366 e. The molecule has 4 nitrogen and oxygen atoms in total. The number of nitrogens with two attached hydrogens (primary N) is 2. The highest BCUT2D eigenvalue weighted by Crippen LogP contribution is 2.02. The van der Waals surface area contributed by atoms with Gasteiger partial charge in [-0.3, -0.25) is 9.59 Å². The van der Waals surface area contributed by atoms with Crippen molar-refractivity contribution in [3.8, 4) is 0 Å². The maximum absolute atomic E-state index is 10.6. The summed E-state index contributed by atoms with van der Waals surface area (Å²) in [5.74, 6) is -1.21. The minimum atomic E-state index is -0.632. The van der Waals surface area contributed by atoms with Gasteiger partial charge in [0.15, 0.2) is 0 Å². The zero-order valence-electron chi connectivity index (χ0n) is 6.46. The van der Waals surface area contributed by atoms with Gasteiger partial charge in [-0.2, -0.15) is 0 Å². The number of carbonyl (C=O) groups is 2. The van der Waals surface area contributed by atoms with Crippen LogP contribution in [0.2, 0.25) is 0 Å². The van der Waals surface area contributed by atoms with E-state index in [-0.39, 0.29) is 0 Å². The number of primary amides is 2. The molecule has 0 aliphatic heterocycles. The van der Waals surface area contributed by atoms with Crippen molar-refractivity contribution in [1.29, 1.82) is 0 Å². The molecule has 62 valence electrons. The van der Waals surface area contributed by atoms with Crippen molar-refractivity contribution in [2.45, 2.75) is 19.8 Å². The number of rotatable bonds is 4. The fourth-order valence-electron chi connectivity index (χ4n) is 0.708. The molecule has 0 saturated carbocycles. The Bertz CT molecular complexity index is 197. The normalized spacial score (nSPS) is 11.2. The molecule has 2 amide bonds. The topological polar surface area (TPSA) is 86.2 Å². The molecule has 0 rings (SSSR count). The molecule has 0 fully saturated rings. The Morgan fingerprint density at radius 1 is 1.36 bits per heavy atom. The lowest BCUT2D eigenvalue weighted by Crippen LogP contribution is -2.17. The Kier molecular flexibility index (Phi) is 3.95. The Balaban J connectivity index is 4.32. The number of amides is 2. The van der Waals surface area contributed by atoms with Crippen LogP contribution in [-0.4, -0.2) is 11.8 Å². The first-order valence-electron chi connectivity index (χ1n) is 3.37. The van der Waals surface area contributed by atoms with Crippen molar-refractivity contribution >= 4 is 11.8 Å². The smallest absolute Gasteiger partial charge is 0.244 e. The van der Waals surface area contributed by atoms with E-state index in [0.717, 1.165) is 12.5 Å². The Morgan fingerprint density at radius 3 is 2.18 bits per heavy atom. The zero-order chi connectivity index (χ0) is 8.85. The summed E-state index contributed by atoms with van der Waals surface area (Å²) in [7, 11) is 0. The fraction of sp³-hybridized carbons (Fsp3) is 0.429. The van der Waals surface area contributed by atoms with Crippen molar-refractivity contribution in [2.24, 2.45) is 11.5 Å². The molecule has 0 aromatic carbocycles. The van der Waals surface area contributed by atoms with Crippen molar-refractivity contribution in [3.05, 3.63) is 11.6 Å². The van der Waals surface area contributed by atoms with Crippen molar-refractivity contribution in [1.82, 2.24) is 0 Å². The van der Waals surface area contributed by atoms with E-state index in [4.69, 9.17) is 11.5 Å². The second kappa shape index (κ2) is 4.49. The number of hydrogen-bond acceptors (Lipinski definition) is 2. The molecule has 0 aliphatic rings. The molecule has 0 unspecified atom stereocenters. The molecule has 0 bridgehead atoms. The van der Waals surface area contributed by atoms with Gasteiger partial charge >= 0.3 is 0 Å². The van der Waals surface area contributed by atoms with Crippen LogP contribution in [0.25, 0.3) is 0 Å². The highest BCUT2D eigenvalue weighted by molar-refractivity contribution is 5.99. The molecule has 0 spiro atoms.